The summed E-state index contributed by atoms with van der Waals surface area (Å²) < 4.78 is 42.7. The quantitative estimate of drug-likeness (QED) is 0.604. The SMILES string of the molecule is CCOC(=O)c1cc(C(F)F)c(C#N)nc1F. The highest BCUT2D eigenvalue weighted by Crippen LogP contribution is 2.23. The predicted octanol–water partition coefficient (Wildman–Crippen LogP) is 2.21. The van der Waals surface area contributed by atoms with Crippen molar-refractivity contribution in [3.05, 3.63) is 28.8 Å². The topological polar surface area (TPSA) is 63.0 Å². The van der Waals surface area contributed by atoms with Gasteiger partial charge < -0.3 is 4.74 Å². The van der Waals surface area contributed by atoms with Crippen molar-refractivity contribution in [1.82, 2.24) is 4.98 Å². The summed E-state index contributed by atoms with van der Waals surface area (Å²) in [5.41, 5.74) is -2.25. The molecule has 0 N–H and O–H groups in total. The van der Waals surface area contributed by atoms with Crippen molar-refractivity contribution < 1.29 is 22.7 Å². The number of nitrogens with zero attached hydrogens (tertiary/aromatic N) is 2. The van der Waals surface area contributed by atoms with Gasteiger partial charge in [-0.1, -0.05) is 0 Å². The zero-order valence-corrected chi connectivity index (χ0v) is 8.71. The Morgan fingerprint density at radius 2 is 2.29 bits per heavy atom. The molecule has 17 heavy (non-hydrogen) atoms. The highest BCUT2D eigenvalue weighted by Gasteiger charge is 2.22. The maximum absolute atomic E-state index is 13.2. The third kappa shape index (κ3) is 2.72. The molecule has 4 nitrogen and oxygen atoms in total. The van der Waals surface area contributed by atoms with Gasteiger partial charge in [-0.25, -0.2) is 18.6 Å². The first-order valence-electron chi connectivity index (χ1n) is 4.57. The van der Waals surface area contributed by atoms with E-state index in [1.54, 1.807) is 0 Å². The Morgan fingerprint density at radius 3 is 2.76 bits per heavy atom. The van der Waals surface area contributed by atoms with Gasteiger partial charge in [0.2, 0.25) is 5.95 Å². The van der Waals surface area contributed by atoms with Gasteiger partial charge in [0.1, 0.15) is 11.6 Å². The van der Waals surface area contributed by atoms with Crippen molar-refractivity contribution in [2.45, 2.75) is 13.3 Å². The molecule has 7 heteroatoms. The van der Waals surface area contributed by atoms with Gasteiger partial charge in [-0.15, -0.1) is 0 Å². The van der Waals surface area contributed by atoms with Gasteiger partial charge in [0.25, 0.3) is 6.43 Å². The van der Waals surface area contributed by atoms with Crippen LogP contribution in [-0.4, -0.2) is 17.6 Å². The number of hydrogen-bond acceptors (Lipinski definition) is 4. The van der Waals surface area contributed by atoms with E-state index in [2.05, 4.69) is 9.72 Å². The summed E-state index contributed by atoms with van der Waals surface area (Å²) in [5.74, 6) is -2.40. The van der Waals surface area contributed by atoms with Gasteiger partial charge in [-0.2, -0.15) is 9.65 Å². The van der Waals surface area contributed by atoms with Crippen LogP contribution in [0.4, 0.5) is 13.2 Å². The molecule has 0 saturated carbocycles. The number of pyridine rings is 1. The second-order valence-electron chi connectivity index (χ2n) is 2.90. The van der Waals surface area contributed by atoms with Gasteiger partial charge in [0.05, 0.1) is 12.2 Å². The number of rotatable bonds is 3. The molecule has 1 rings (SSSR count). The van der Waals surface area contributed by atoms with Crippen LogP contribution in [0.2, 0.25) is 0 Å². The van der Waals surface area contributed by atoms with Gasteiger partial charge in [0.15, 0.2) is 5.69 Å². The van der Waals surface area contributed by atoms with E-state index in [1.165, 1.54) is 13.0 Å². The van der Waals surface area contributed by atoms with Crippen LogP contribution in [0.3, 0.4) is 0 Å². The maximum Gasteiger partial charge on any atom is 0.342 e. The Bertz CT molecular complexity index is 483. The van der Waals surface area contributed by atoms with E-state index >= 15 is 0 Å². The summed E-state index contributed by atoms with van der Waals surface area (Å²) >= 11 is 0. The Morgan fingerprint density at radius 1 is 1.65 bits per heavy atom. The first kappa shape index (κ1) is 13.0. The van der Waals surface area contributed by atoms with E-state index in [9.17, 15) is 18.0 Å². The first-order chi connectivity index (χ1) is 8.01. The van der Waals surface area contributed by atoms with E-state index in [0.29, 0.717) is 6.07 Å². The van der Waals surface area contributed by atoms with Gasteiger partial charge >= 0.3 is 5.97 Å². The van der Waals surface area contributed by atoms with Crippen LogP contribution in [-0.2, 0) is 4.74 Å². The fourth-order valence-electron chi connectivity index (χ4n) is 1.11. The van der Waals surface area contributed by atoms with Crippen LogP contribution in [0.25, 0.3) is 0 Å². The highest BCUT2D eigenvalue weighted by molar-refractivity contribution is 5.89. The molecule has 0 saturated heterocycles. The van der Waals surface area contributed by atoms with Crippen LogP contribution in [0, 0.1) is 17.3 Å². The molecule has 0 amide bonds. The van der Waals surface area contributed by atoms with Crippen LogP contribution in [0.1, 0.15) is 35.0 Å². The minimum absolute atomic E-state index is 0.0255. The molecule has 0 aliphatic carbocycles. The first-order valence-corrected chi connectivity index (χ1v) is 4.57. The van der Waals surface area contributed by atoms with Crippen LogP contribution >= 0.6 is 0 Å². The molecule has 90 valence electrons. The molecular formula is C10H7F3N2O2. The van der Waals surface area contributed by atoms with Crippen molar-refractivity contribution in [1.29, 1.82) is 5.26 Å². The minimum atomic E-state index is -3.02. The molecule has 0 radical (unpaired) electrons. The minimum Gasteiger partial charge on any atom is -0.462 e. The second kappa shape index (κ2) is 5.30. The molecule has 0 aromatic carbocycles. The largest absolute Gasteiger partial charge is 0.462 e. The predicted molar refractivity (Wildman–Crippen MR) is 49.8 cm³/mol. The fourth-order valence-corrected chi connectivity index (χ4v) is 1.11. The Balaban J connectivity index is 3.30. The average molecular weight is 244 g/mol. The zero-order chi connectivity index (χ0) is 13.0. The maximum atomic E-state index is 13.2. The van der Waals surface area contributed by atoms with Gasteiger partial charge in [-0.3, -0.25) is 0 Å². The fraction of sp³-hybridized carbons (Fsp3) is 0.300. The molecule has 0 fully saturated rings. The van der Waals surface area contributed by atoms with Crippen molar-refractivity contribution >= 4 is 5.97 Å². The summed E-state index contributed by atoms with van der Waals surface area (Å²) in [5, 5.41) is 8.50. The van der Waals surface area contributed by atoms with Crippen LogP contribution in [0.5, 0.6) is 0 Å². The van der Waals surface area contributed by atoms with E-state index in [1.807, 2.05) is 0 Å². The molecular weight excluding hydrogens is 237 g/mol. The standard InChI is InChI=1S/C10H7F3N2O2/c1-2-17-10(16)6-3-5(8(11)12)7(4-14)15-9(6)13/h3,8H,2H2,1H3. The third-order valence-corrected chi connectivity index (χ3v) is 1.84. The summed E-state index contributed by atoms with van der Waals surface area (Å²) in [7, 11) is 0. The number of carbonyl (C=O) groups is 1. The summed E-state index contributed by atoms with van der Waals surface area (Å²) in [6, 6.07) is 1.92. The molecule has 0 unspecified atom stereocenters. The monoisotopic (exact) mass is 244 g/mol. The normalized spacial score (nSPS) is 10.1. The zero-order valence-electron chi connectivity index (χ0n) is 8.71. The second-order valence-corrected chi connectivity index (χ2v) is 2.90. The number of halogens is 3. The lowest BCUT2D eigenvalue weighted by Crippen LogP contribution is -2.11. The number of alkyl halides is 2. The molecule has 1 heterocycles. The molecule has 0 atom stereocenters. The van der Waals surface area contributed by atoms with Crippen molar-refractivity contribution in [3.63, 3.8) is 0 Å². The molecule has 0 aliphatic heterocycles. The molecule has 0 bridgehead atoms. The highest BCUT2D eigenvalue weighted by atomic mass is 19.3. The van der Waals surface area contributed by atoms with E-state index < -0.39 is 35.2 Å². The average Bonchev–Trinajstić information content (AvgIpc) is 2.28. The number of esters is 1. The molecule has 1 aromatic rings. The lowest BCUT2D eigenvalue weighted by molar-refractivity contribution is 0.0519. The lowest BCUT2D eigenvalue weighted by atomic mass is 10.1. The van der Waals surface area contributed by atoms with E-state index in [-0.39, 0.29) is 6.61 Å². The summed E-state index contributed by atoms with van der Waals surface area (Å²) in [6.45, 7) is 1.46. The number of ether oxygens (including phenoxy) is 1. The number of carbonyl (C=O) groups excluding carboxylic acids is 1. The third-order valence-electron chi connectivity index (χ3n) is 1.84. The molecule has 0 aliphatic rings. The number of nitriles is 1. The summed E-state index contributed by atoms with van der Waals surface area (Å²) in [6.07, 6.45) is -3.02. The molecule has 0 spiro atoms. The Hall–Kier alpha value is -2.10. The van der Waals surface area contributed by atoms with E-state index in [4.69, 9.17) is 5.26 Å². The van der Waals surface area contributed by atoms with E-state index in [0.717, 1.165) is 0 Å². The number of hydrogen-bond donors (Lipinski definition) is 0. The lowest BCUT2D eigenvalue weighted by Gasteiger charge is -2.06. The van der Waals surface area contributed by atoms with Crippen LogP contribution < -0.4 is 0 Å². The van der Waals surface area contributed by atoms with Gasteiger partial charge in [0, 0.05) is 0 Å². The van der Waals surface area contributed by atoms with Gasteiger partial charge in [-0.05, 0) is 13.0 Å². The summed E-state index contributed by atoms with van der Waals surface area (Å²) in [4.78, 5) is 14.2. The van der Waals surface area contributed by atoms with Crippen molar-refractivity contribution in [3.8, 4) is 6.07 Å². The Labute approximate surface area is 94.6 Å². The van der Waals surface area contributed by atoms with Crippen LogP contribution in [0.15, 0.2) is 6.07 Å². The number of aromatic nitrogens is 1. The smallest absolute Gasteiger partial charge is 0.342 e. The Kier molecular flexibility index (Phi) is 4.04. The van der Waals surface area contributed by atoms with Crippen molar-refractivity contribution in [2.24, 2.45) is 0 Å². The molecule has 1 aromatic heterocycles. The van der Waals surface area contributed by atoms with Crippen molar-refractivity contribution in [2.75, 3.05) is 6.61 Å².